The van der Waals surface area contributed by atoms with Crippen LogP contribution in [0.1, 0.15) is 21.0 Å². The average Bonchev–Trinajstić information content (AvgIpc) is 2.93. The highest BCUT2D eigenvalue weighted by atomic mass is 16.2. The van der Waals surface area contributed by atoms with Crippen LogP contribution < -0.4 is 10.6 Å². The smallest absolute Gasteiger partial charge is 0.272 e. The fraction of sp³-hybridized carbons (Fsp3) is 0.154. The van der Waals surface area contributed by atoms with Crippen molar-refractivity contribution in [2.45, 2.75) is 0 Å². The van der Waals surface area contributed by atoms with Crippen molar-refractivity contribution < 1.29 is 14.4 Å². The van der Waals surface area contributed by atoms with E-state index in [-0.39, 0.29) is 5.91 Å². The molecule has 0 unspecified atom stereocenters. The second kappa shape index (κ2) is 5.43. The second-order valence-electron chi connectivity index (χ2n) is 4.32. The van der Waals surface area contributed by atoms with Gasteiger partial charge in [-0.2, -0.15) is 0 Å². The van der Waals surface area contributed by atoms with Crippen LogP contribution in [0.25, 0.3) is 0 Å². The number of aryl methyl sites for hydroxylation is 2. The van der Waals surface area contributed by atoms with Gasteiger partial charge in [-0.05, 0) is 12.1 Å². The summed E-state index contributed by atoms with van der Waals surface area (Å²) in [7, 11) is 3.42. The van der Waals surface area contributed by atoms with E-state index in [4.69, 9.17) is 0 Å². The number of carbonyl (C=O) groups is 3. The summed E-state index contributed by atoms with van der Waals surface area (Å²) in [5.74, 6) is -0.325. The average molecular weight is 274 g/mol. The van der Waals surface area contributed by atoms with Crippen LogP contribution in [-0.4, -0.2) is 27.7 Å². The summed E-state index contributed by atoms with van der Waals surface area (Å²) >= 11 is 0. The molecule has 2 rings (SSSR count). The van der Waals surface area contributed by atoms with Gasteiger partial charge in [0.05, 0.1) is 17.1 Å². The molecule has 0 bridgehead atoms. The first-order chi connectivity index (χ1) is 9.55. The van der Waals surface area contributed by atoms with Gasteiger partial charge in [-0.15, -0.1) is 0 Å². The molecule has 2 aromatic heterocycles. The SMILES string of the molecule is Cn1cc(NC(=O)c2cc(NC=O)cn2C)cc1C=O. The zero-order chi connectivity index (χ0) is 14.7. The van der Waals surface area contributed by atoms with Crippen molar-refractivity contribution in [2.24, 2.45) is 14.1 Å². The molecule has 7 nitrogen and oxygen atoms in total. The van der Waals surface area contributed by atoms with Crippen LogP contribution in [0, 0.1) is 0 Å². The van der Waals surface area contributed by atoms with Gasteiger partial charge < -0.3 is 19.8 Å². The molecule has 104 valence electrons. The lowest BCUT2D eigenvalue weighted by atomic mass is 10.3. The standard InChI is InChI=1S/C13H14N4O3/c1-16-6-10(3-11(16)7-18)15-13(20)12-4-9(14-8-19)5-17(12)2/h3-8H,1-2H3,(H,14,19)(H,15,20). The summed E-state index contributed by atoms with van der Waals surface area (Å²) in [5, 5.41) is 5.17. The van der Waals surface area contributed by atoms with Gasteiger partial charge in [-0.25, -0.2) is 0 Å². The maximum absolute atomic E-state index is 12.1. The molecule has 0 saturated heterocycles. The first-order valence-corrected chi connectivity index (χ1v) is 5.84. The molecular weight excluding hydrogens is 260 g/mol. The first kappa shape index (κ1) is 13.6. The first-order valence-electron chi connectivity index (χ1n) is 5.84. The predicted molar refractivity (Wildman–Crippen MR) is 73.9 cm³/mol. The molecule has 0 saturated carbocycles. The minimum absolute atomic E-state index is 0.325. The van der Waals surface area contributed by atoms with Gasteiger partial charge >= 0.3 is 0 Å². The van der Waals surface area contributed by atoms with Gasteiger partial charge in [0.2, 0.25) is 6.41 Å². The zero-order valence-electron chi connectivity index (χ0n) is 11.1. The lowest BCUT2D eigenvalue weighted by Crippen LogP contribution is -2.14. The molecule has 0 aromatic carbocycles. The summed E-state index contributed by atoms with van der Waals surface area (Å²) in [6.07, 6.45) is 4.54. The Balaban J connectivity index is 2.18. The number of hydrogen-bond donors (Lipinski definition) is 2. The highest BCUT2D eigenvalue weighted by Crippen LogP contribution is 2.16. The van der Waals surface area contributed by atoms with Gasteiger partial charge in [0, 0.05) is 26.5 Å². The summed E-state index contributed by atoms with van der Waals surface area (Å²) in [4.78, 5) is 33.2. The van der Waals surface area contributed by atoms with Gasteiger partial charge in [0.25, 0.3) is 5.91 Å². The van der Waals surface area contributed by atoms with Crippen LogP contribution >= 0.6 is 0 Å². The van der Waals surface area contributed by atoms with Crippen molar-refractivity contribution in [1.82, 2.24) is 9.13 Å². The van der Waals surface area contributed by atoms with Crippen LogP contribution in [0.15, 0.2) is 24.5 Å². The quantitative estimate of drug-likeness (QED) is 0.797. The number of anilines is 2. The number of nitrogens with zero attached hydrogens (tertiary/aromatic N) is 2. The van der Waals surface area contributed by atoms with Crippen molar-refractivity contribution in [3.8, 4) is 0 Å². The topological polar surface area (TPSA) is 85.1 Å². The summed E-state index contributed by atoms with van der Waals surface area (Å²) in [6.45, 7) is 0. The van der Waals surface area contributed by atoms with E-state index >= 15 is 0 Å². The molecule has 7 heteroatoms. The highest BCUT2D eigenvalue weighted by Gasteiger charge is 2.13. The molecule has 0 fully saturated rings. The van der Waals surface area contributed by atoms with E-state index in [9.17, 15) is 14.4 Å². The van der Waals surface area contributed by atoms with E-state index in [0.29, 0.717) is 35.5 Å². The van der Waals surface area contributed by atoms with E-state index in [1.54, 1.807) is 47.8 Å². The molecule has 0 spiro atoms. The molecule has 0 aliphatic carbocycles. The Hall–Kier alpha value is -2.83. The van der Waals surface area contributed by atoms with Crippen LogP contribution in [0.2, 0.25) is 0 Å². The largest absolute Gasteiger partial charge is 0.346 e. The predicted octanol–water partition coefficient (Wildman–Crippen LogP) is 0.997. The van der Waals surface area contributed by atoms with Gasteiger partial charge in [0.15, 0.2) is 6.29 Å². The van der Waals surface area contributed by atoms with E-state index in [1.807, 2.05) is 0 Å². The van der Waals surface area contributed by atoms with Crippen LogP contribution in [-0.2, 0) is 18.9 Å². The minimum Gasteiger partial charge on any atom is -0.346 e. The van der Waals surface area contributed by atoms with Crippen molar-refractivity contribution in [2.75, 3.05) is 10.6 Å². The van der Waals surface area contributed by atoms with Crippen molar-refractivity contribution in [3.05, 3.63) is 35.9 Å². The lowest BCUT2D eigenvalue weighted by Gasteiger charge is -2.03. The second-order valence-corrected chi connectivity index (χ2v) is 4.32. The molecule has 0 aliphatic rings. The molecule has 0 aliphatic heterocycles. The summed E-state index contributed by atoms with van der Waals surface area (Å²) < 4.78 is 3.22. The Kier molecular flexibility index (Phi) is 3.69. The number of hydrogen-bond acceptors (Lipinski definition) is 3. The third-order valence-electron chi connectivity index (χ3n) is 2.89. The number of aldehydes is 1. The molecule has 20 heavy (non-hydrogen) atoms. The maximum Gasteiger partial charge on any atom is 0.272 e. The molecule has 0 radical (unpaired) electrons. The molecule has 2 N–H and O–H groups in total. The van der Waals surface area contributed by atoms with E-state index in [1.165, 1.54) is 0 Å². The van der Waals surface area contributed by atoms with Gasteiger partial charge in [-0.1, -0.05) is 0 Å². The van der Waals surface area contributed by atoms with Crippen molar-refractivity contribution in [3.63, 3.8) is 0 Å². The van der Waals surface area contributed by atoms with Crippen LogP contribution in [0.4, 0.5) is 11.4 Å². The van der Waals surface area contributed by atoms with Crippen molar-refractivity contribution in [1.29, 1.82) is 0 Å². The molecule has 0 atom stereocenters. The van der Waals surface area contributed by atoms with Crippen LogP contribution in [0.3, 0.4) is 0 Å². The summed E-state index contributed by atoms with van der Waals surface area (Å²) in [6, 6.07) is 3.14. The Morgan fingerprint density at radius 1 is 1.10 bits per heavy atom. The Morgan fingerprint density at radius 2 is 1.80 bits per heavy atom. The van der Waals surface area contributed by atoms with E-state index in [2.05, 4.69) is 10.6 Å². The zero-order valence-corrected chi connectivity index (χ0v) is 11.1. The fourth-order valence-corrected chi connectivity index (χ4v) is 1.90. The highest BCUT2D eigenvalue weighted by molar-refractivity contribution is 6.04. The number of carbonyl (C=O) groups excluding carboxylic acids is 3. The van der Waals surface area contributed by atoms with Gasteiger partial charge in [0.1, 0.15) is 5.69 Å². The normalized spacial score (nSPS) is 10.1. The number of rotatable bonds is 5. The number of aromatic nitrogens is 2. The van der Waals surface area contributed by atoms with Crippen LogP contribution in [0.5, 0.6) is 0 Å². The Bertz CT molecular complexity index is 669. The third-order valence-corrected chi connectivity index (χ3v) is 2.89. The minimum atomic E-state index is -0.325. The summed E-state index contributed by atoms with van der Waals surface area (Å²) in [5.41, 5.74) is 1.93. The molecule has 2 amide bonds. The maximum atomic E-state index is 12.1. The molecule has 2 heterocycles. The Labute approximate surface area is 115 Å². The lowest BCUT2D eigenvalue weighted by molar-refractivity contribution is -0.105. The third kappa shape index (κ3) is 2.61. The van der Waals surface area contributed by atoms with Crippen molar-refractivity contribution >= 4 is 30.0 Å². The molecule has 2 aromatic rings. The monoisotopic (exact) mass is 274 g/mol. The van der Waals surface area contributed by atoms with E-state index < -0.39 is 0 Å². The number of amides is 2. The fourth-order valence-electron chi connectivity index (χ4n) is 1.90. The molecular formula is C13H14N4O3. The van der Waals surface area contributed by atoms with Gasteiger partial charge in [-0.3, -0.25) is 14.4 Å². The number of nitrogens with one attached hydrogen (secondary N) is 2. The van der Waals surface area contributed by atoms with E-state index in [0.717, 1.165) is 0 Å². The Morgan fingerprint density at radius 3 is 2.40 bits per heavy atom.